The molecule has 0 bridgehead atoms. The van der Waals surface area contributed by atoms with E-state index < -0.39 is 0 Å². The van der Waals surface area contributed by atoms with Crippen LogP contribution in [0.3, 0.4) is 0 Å². The van der Waals surface area contributed by atoms with E-state index in [1.165, 1.54) is 11.3 Å². The zero-order valence-corrected chi connectivity index (χ0v) is 12.4. The molecule has 1 amide bonds. The molecular formula is C15H17N3O2S. The van der Waals surface area contributed by atoms with Crippen LogP contribution in [-0.4, -0.2) is 45.1 Å². The summed E-state index contributed by atoms with van der Waals surface area (Å²) in [7, 11) is 0. The van der Waals surface area contributed by atoms with Gasteiger partial charge in [-0.25, -0.2) is 4.98 Å². The second kappa shape index (κ2) is 6.32. The molecule has 1 aliphatic heterocycles. The number of aliphatic hydroxyl groups excluding tert-OH is 1. The molecule has 3 heterocycles. The van der Waals surface area contributed by atoms with Gasteiger partial charge < -0.3 is 10.0 Å². The molecule has 0 spiro atoms. The van der Waals surface area contributed by atoms with Gasteiger partial charge in [0.2, 0.25) is 5.91 Å². The Morgan fingerprint density at radius 2 is 2.38 bits per heavy atom. The first-order chi connectivity index (χ1) is 10.3. The minimum Gasteiger partial charge on any atom is -0.394 e. The standard InChI is InChI=1S/C15H17N3O2S/c19-9-12-4-3-7-18(12)14(20)8-11-10-21-15(17-11)13-5-1-2-6-16-13/h1-2,5-6,10,12,19H,3-4,7-9H2/t12-/m1/s1. The Bertz CT molecular complexity index is 614. The highest BCUT2D eigenvalue weighted by atomic mass is 32.1. The number of pyridine rings is 1. The normalized spacial score (nSPS) is 18.1. The third-order valence-corrected chi connectivity index (χ3v) is 4.59. The molecule has 1 saturated heterocycles. The number of nitrogens with zero attached hydrogens (tertiary/aromatic N) is 3. The van der Waals surface area contributed by atoms with E-state index in [4.69, 9.17) is 0 Å². The zero-order valence-electron chi connectivity index (χ0n) is 11.6. The molecule has 3 rings (SSSR count). The second-order valence-corrected chi connectivity index (χ2v) is 5.96. The Labute approximate surface area is 127 Å². The van der Waals surface area contributed by atoms with E-state index in [1.54, 1.807) is 11.1 Å². The van der Waals surface area contributed by atoms with Gasteiger partial charge in [0.25, 0.3) is 0 Å². The smallest absolute Gasteiger partial charge is 0.228 e. The molecule has 1 N–H and O–H groups in total. The molecule has 0 unspecified atom stereocenters. The lowest BCUT2D eigenvalue weighted by molar-refractivity contribution is -0.132. The van der Waals surface area contributed by atoms with Crippen LogP contribution in [0.5, 0.6) is 0 Å². The van der Waals surface area contributed by atoms with Gasteiger partial charge in [-0.1, -0.05) is 6.07 Å². The average molecular weight is 303 g/mol. The van der Waals surface area contributed by atoms with E-state index in [1.807, 2.05) is 23.6 Å². The highest BCUT2D eigenvalue weighted by Crippen LogP contribution is 2.23. The molecular weight excluding hydrogens is 286 g/mol. The summed E-state index contributed by atoms with van der Waals surface area (Å²) in [4.78, 5) is 22.8. The Morgan fingerprint density at radius 1 is 1.48 bits per heavy atom. The van der Waals surface area contributed by atoms with Crippen LogP contribution in [0.15, 0.2) is 29.8 Å². The van der Waals surface area contributed by atoms with Gasteiger partial charge in [0.05, 0.1) is 30.5 Å². The van der Waals surface area contributed by atoms with E-state index >= 15 is 0 Å². The minimum atomic E-state index is -0.0219. The summed E-state index contributed by atoms with van der Waals surface area (Å²) in [6.45, 7) is 0.781. The molecule has 1 fully saturated rings. The summed E-state index contributed by atoms with van der Waals surface area (Å²) < 4.78 is 0. The lowest BCUT2D eigenvalue weighted by Crippen LogP contribution is -2.38. The fourth-order valence-corrected chi connectivity index (χ4v) is 3.40. The molecule has 0 saturated carbocycles. The highest BCUT2D eigenvalue weighted by Gasteiger charge is 2.28. The number of rotatable bonds is 4. The quantitative estimate of drug-likeness (QED) is 0.934. The van der Waals surface area contributed by atoms with Crippen molar-refractivity contribution in [2.75, 3.05) is 13.2 Å². The summed E-state index contributed by atoms with van der Waals surface area (Å²) in [5.41, 5.74) is 1.60. The van der Waals surface area contributed by atoms with Crippen molar-refractivity contribution in [3.8, 4) is 10.7 Å². The topological polar surface area (TPSA) is 66.3 Å². The first-order valence-corrected chi connectivity index (χ1v) is 7.92. The SMILES string of the molecule is O=C(Cc1csc(-c2ccccn2)n1)N1CCC[C@@H]1CO. The zero-order chi connectivity index (χ0) is 14.7. The average Bonchev–Trinajstić information content (AvgIpc) is 3.16. The molecule has 110 valence electrons. The number of aromatic nitrogens is 2. The molecule has 0 radical (unpaired) electrons. The number of hydrogen-bond donors (Lipinski definition) is 1. The summed E-state index contributed by atoms with van der Waals surface area (Å²) in [6, 6.07) is 5.67. The highest BCUT2D eigenvalue weighted by molar-refractivity contribution is 7.13. The summed E-state index contributed by atoms with van der Waals surface area (Å²) in [5, 5.41) is 12.0. The van der Waals surface area contributed by atoms with Crippen LogP contribution in [0.2, 0.25) is 0 Å². The third-order valence-electron chi connectivity index (χ3n) is 3.68. The molecule has 1 atom stereocenters. The van der Waals surface area contributed by atoms with Crippen LogP contribution in [0, 0.1) is 0 Å². The van der Waals surface area contributed by atoms with E-state index in [2.05, 4.69) is 9.97 Å². The van der Waals surface area contributed by atoms with Crippen molar-refractivity contribution in [2.45, 2.75) is 25.3 Å². The first kappa shape index (κ1) is 14.2. The van der Waals surface area contributed by atoms with Crippen molar-refractivity contribution < 1.29 is 9.90 Å². The second-order valence-electron chi connectivity index (χ2n) is 5.10. The van der Waals surface area contributed by atoms with Crippen LogP contribution in [0.1, 0.15) is 18.5 Å². The van der Waals surface area contributed by atoms with Gasteiger partial charge in [-0.2, -0.15) is 0 Å². The largest absolute Gasteiger partial charge is 0.394 e. The van der Waals surface area contributed by atoms with E-state index in [0.717, 1.165) is 35.8 Å². The maximum atomic E-state index is 12.3. The van der Waals surface area contributed by atoms with Gasteiger partial charge in [-0.3, -0.25) is 9.78 Å². The van der Waals surface area contributed by atoms with Crippen LogP contribution in [-0.2, 0) is 11.2 Å². The fraction of sp³-hybridized carbons (Fsp3) is 0.400. The molecule has 21 heavy (non-hydrogen) atoms. The van der Waals surface area contributed by atoms with Crippen LogP contribution in [0.25, 0.3) is 10.7 Å². The van der Waals surface area contributed by atoms with Gasteiger partial charge in [-0.15, -0.1) is 11.3 Å². The first-order valence-electron chi connectivity index (χ1n) is 7.04. The van der Waals surface area contributed by atoms with Gasteiger partial charge in [-0.05, 0) is 25.0 Å². The summed E-state index contributed by atoms with van der Waals surface area (Å²) in [6.07, 6.45) is 3.88. The van der Waals surface area contributed by atoms with E-state index in [0.29, 0.717) is 6.42 Å². The predicted octanol–water partition coefficient (Wildman–Crippen LogP) is 1.73. The van der Waals surface area contributed by atoms with Crippen LogP contribution < -0.4 is 0 Å². The van der Waals surface area contributed by atoms with Crippen molar-refractivity contribution in [1.29, 1.82) is 0 Å². The number of aliphatic hydroxyl groups is 1. The minimum absolute atomic E-state index is 0.0219. The number of hydrogen-bond acceptors (Lipinski definition) is 5. The van der Waals surface area contributed by atoms with Crippen molar-refractivity contribution >= 4 is 17.2 Å². The Morgan fingerprint density at radius 3 is 3.14 bits per heavy atom. The monoisotopic (exact) mass is 303 g/mol. The van der Waals surface area contributed by atoms with E-state index in [-0.39, 0.29) is 18.6 Å². The molecule has 0 aliphatic carbocycles. The Hall–Kier alpha value is -1.79. The maximum absolute atomic E-state index is 12.3. The molecule has 5 nitrogen and oxygen atoms in total. The summed E-state index contributed by atoms with van der Waals surface area (Å²) in [5.74, 6) is 0.0458. The number of likely N-dealkylation sites (tertiary alicyclic amines) is 1. The van der Waals surface area contributed by atoms with Gasteiger partial charge in [0.15, 0.2) is 0 Å². The third kappa shape index (κ3) is 3.11. The lowest BCUT2D eigenvalue weighted by Gasteiger charge is -2.22. The molecule has 6 heteroatoms. The summed E-state index contributed by atoms with van der Waals surface area (Å²) >= 11 is 1.50. The van der Waals surface area contributed by atoms with Crippen LogP contribution in [0.4, 0.5) is 0 Å². The van der Waals surface area contributed by atoms with Crippen molar-refractivity contribution in [3.63, 3.8) is 0 Å². The predicted molar refractivity (Wildman–Crippen MR) is 80.9 cm³/mol. The number of thiazole rings is 1. The molecule has 1 aliphatic rings. The van der Waals surface area contributed by atoms with E-state index in [9.17, 15) is 9.90 Å². The molecule has 0 aromatic carbocycles. The maximum Gasteiger partial charge on any atom is 0.228 e. The van der Waals surface area contributed by atoms with Crippen molar-refractivity contribution in [2.24, 2.45) is 0 Å². The van der Waals surface area contributed by atoms with Crippen LogP contribution >= 0.6 is 11.3 Å². The van der Waals surface area contributed by atoms with Crippen molar-refractivity contribution in [1.82, 2.24) is 14.9 Å². The lowest BCUT2D eigenvalue weighted by atomic mass is 10.2. The van der Waals surface area contributed by atoms with Gasteiger partial charge in [0.1, 0.15) is 5.01 Å². The number of carbonyl (C=O) groups excluding carboxylic acids is 1. The van der Waals surface area contributed by atoms with Crippen molar-refractivity contribution in [3.05, 3.63) is 35.5 Å². The van der Waals surface area contributed by atoms with Gasteiger partial charge >= 0.3 is 0 Å². The molecule has 2 aromatic rings. The van der Waals surface area contributed by atoms with Gasteiger partial charge in [0, 0.05) is 18.1 Å². The number of carbonyl (C=O) groups is 1. The number of amides is 1. The Kier molecular flexibility index (Phi) is 4.26. The molecule has 2 aromatic heterocycles. The Balaban J connectivity index is 1.69. The fourth-order valence-electron chi connectivity index (χ4n) is 2.61.